The molecule has 0 aliphatic heterocycles. The van der Waals surface area contributed by atoms with Crippen LogP contribution in [0.5, 0.6) is 5.88 Å². The number of nitrogens with zero attached hydrogens (tertiary/aromatic N) is 1. The number of nitrogens with one attached hydrogen (secondary N) is 1. The molecular formula is C11H16F2N2O. The minimum atomic E-state index is -2.47. The molecule has 0 aromatic carbocycles. The second-order valence-electron chi connectivity index (χ2n) is 3.38. The van der Waals surface area contributed by atoms with Crippen molar-refractivity contribution in [2.24, 2.45) is 0 Å². The fourth-order valence-corrected chi connectivity index (χ4v) is 1.16. The second-order valence-corrected chi connectivity index (χ2v) is 3.38. The van der Waals surface area contributed by atoms with Crippen LogP contribution in [0.1, 0.15) is 18.9 Å². The molecule has 0 bridgehead atoms. The molecule has 5 heteroatoms. The first kappa shape index (κ1) is 12.8. The number of hydrogen-bond donors (Lipinski definition) is 1. The molecule has 0 fully saturated rings. The third-order valence-electron chi connectivity index (χ3n) is 1.91. The average molecular weight is 230 g/mol. The predicted molar refractivity (Wildman–Crippen MR) is 57.7 cm³/mol. The maximum absolute atomic E-state index is 11.8. The van der Waals surface area contributed by atoms with Crippen LogP contribution < -0.4 is 10.1 Å². The summed E-state index contributed by atoms with van der Waals surface area (Å²) in [5.41, 5.74) is 1.01. The molecule has 0 aliphatic rings. The number of aromatic nitrogens is 1. The van der Waals surface area contributed by atoms with Gasteiger partial charge in [0, 0.05) is 18.8 Å². The number of ether oxygens (including phenoxy) is 1. The van der Waals surface area contributed by atoms with Gasteiger partial charge in [-0.25, -0.2) is 13.8 Å². The Morgan fingerprint density at radius 1 is 1.44 bits per heavy atom. The van der Waals surface area contributed by atoms with Crippen LogP contribution in [0.2, 0.25) is 0 Å². The summed E-state index contributed by atoms with van der Waals surface area (Å²) in [5.74, 6) is 0.236. The molecule has 1 N–H and O–H groups in total. The molecule has 1 aromatic heterocycles. The Hall–Kier alpha value is -1.23. The molecule has 0 radical (unpaired) electrons. The monoisotopic (exact) mass is 230 g/mol. The van der Waals surface area contributed by atoms with E-state index >= 15 is 0 Å². The number of alkyl halides is 2. The quantitative estimate of drug-likeness (QED) is 0.729. The Morgan fingerprint density at radius 2 is 2.25 bits per heavy atom. The van der Waals surface area contributed by atoms with Crippen LogP contribution in [0.4, 0.5) is 8.78 Å². The molecule has 90 valence electrons. The maximum Gasteiger partial charge on any atom is 0.272 e. The minimum absolute atomic E-state index is 0.236. The smallest absolute Gasteiger partial charge is 0.272 e. The van der Waals surface area contributed by atoms with Crippen molar-refractivity contribution in [2.45, 2.75) is 26.3 Å². The van der Waals surface area contributed by atoms with Gasteiger partial charge in [-0.15, -0.1) is 0 Å². The van der Waals surface area contributed by atoms with E-state index in [2.05, 4.69) is 17.2 Å². The van der Waals surface area contributed by atoms with Crippen LogP contribution in [0.25, 0.3) is 0 Å². The molecule has 0 aliphatic carbocycles. The van der Waals surface area contributed by atoms with Crippen molar-refractivity contribution in [3.8, 4) is 5.88 Å². The molecular weight excluding hydrogens is 214 g/mol. The Bertz CT molecular complexity index is 291. The number of hydrogen-bond acceptors (Lipinski definition) is 3. The number of pyridine rings is 1. The zero-order valence-corrected chi connectivity index (χ0v) is 9.25. The summed E-state index contributed by atoms with van der Waals surface area (Å²) in [4.78, 5) is 3.93. The van der Waals surface area contributed by atoms with E-state index in [0.29, 0.717) is 0 Å². The van der Waals surface area contributed by atoms with E-state index < -0.39 is 13.0 Å². The van der Waals surface area contributed by atoms with Gasteiger partial charge in [-0.1, -0.05) is 13.0 Å². The Balaban J connectivity index is 2.35. The molecule has 3 nitrogen and oxygen atoms in total. The third kappa shape index (κ3) is 5.02. The maximum atomic E-state index is 11.8. The molecule has 16 heavy (non-hydrogen) atoms. The fraction of sp³-hybridized carbons (Fsp3) is 0.545. The lowest BCUT2D eigenvalue weighted by Gasteiger charge is -2.06. The van der Waals surface area contributed by atoms with Crippen molar-refractivity contribution in [2.75, 3.05) is 13.2 Å². The first-order chi connectivity index (χ1) is 7.72. The summed E-state index contributed by atoms with van der Waals surface area (Å²) in [6.07, 6.45) is 0.236. The van der Waals surface area contributed by atoms with Crippen LogP contribution >= 0.6 is 0 Å². The highest BCUT2D eigenvalue weighted by Crippen LogP contribution is 2.08. The molecule has 1 rings (SSSR count). The lowest BCUT2D eigenvalue weighted by molar-refractivity contribution is 0.0796. The van der Waals surface area contributed by atoms with Crippen molar-refractivity contribution in [1.29, 1.82) is 0 Å². The SMILES string of the molecule is CCCNCc1ccc(OCC(F)F)nc1. The highest BCUT2D eigenvalue weighted by Gasteiger charge is 2.03. The van der Waals surface area contributed by atoms with Gasteiger partial charge >= 0.3 is 0 Å². The minimum Gasteiger partial charge on any atom is -0.472 e. The zero-order valence-electron chi connectivity index (χ0n) is 9.25. The lowest BCUT2D eigenvalue weighted by Crippen LogP contribution is -2.14. The van der Waals surface area contributed by atoms with Crippen molar-refractivity contribution in [3.05, 3.63) is 23.9 Å². The first-order valence-electron chi connectivity index (χ1n) is 5.29. The third-order valence-corrected chi connectivity index (χ3v) is 1.91. The van der Waals surface area contributed by atoms with E-state index in [4.69, 9.17) is 4.74 Å². The van der Waals surface area contributed by atoms with Crippen LogP contribution in [0.3, 0.4) is 0 Å². The number of rotatable bonds is 7. The molecule has 0 spiro atoms. The second kappa shape index (κ2) is 7.11. The summed E-state index contributed by atoms with van der Waals surface area (Å²) < 4.78 is 28.5. The molecule has 0 saturated carbocycles. The van der Waals surface area contributed by atoms with Crippen molar-refractivity contribution in [1.82, 2.24) is 10.3 Å². The van der Waals surface area contributed by atoms with Gasteiger partial charge in [0.25, 0.3) is 6.43 Å². The Labute approximate surface area is 93.8 Å². The van der Waals surface area contributed by atoms with Gasteiger partial charge in [0.1, 0.15) is 0 Å². The van der Waals surface area contributed by atoms with E-state index in [-0.39, 0.29) is 5.88 Å². The van der Waals surface area contributed by atoms with Crippen LogP contribution in [0, 0.1) is 0 Å². The van der Waals surface area contributed by atoms with E-state index in [9.17, 15) is 8.78 Å². The van der Waals surface area contributed by atoms with Crippen molar-refractivity contribution in [3.63, 3.8) is 0 Å². The molecule has 0 atom stereocenters. The van der Waals surface area contributed by atoms with Gasteiger partial charge < -0.3 is 10.1 Å². The summed E-state index contributed by atoms with van der Waals surface area (Å²) in [5, 5.41) is 3.22. The van der Waals surface area contributed by atoms with Gasteiger partial charge in [0.05, 0.1) is 0 Å². The topological polar surface area (TPSA) is 34.1 Å². The molecule has 0 amide bonds. The lowest BCUT2D eigenvalue weighted by atomic mass is 10.3. The standard InChI is InChI=1S/C11H16F2N2O/c1-2-5-14-6-9-3-4-11(15-7-9)16-8-10(12)13/h3-4,7,10,14H,2,5-6,8H2,1H3. The molecule has 1 aromatic rings. The van der Waals surface area contributed by atoms with Gasteiger partial charge in [0.15, 0.2) is 6.61 Å². The fourth-order valence-electron chi connectivity index (χ4n) is 1.16. The predicted octanol–water partition coefficient (Wildman–Crippen LogP) is 2.23. The van der Waals surface area contributed by atoms with E-state index in [1.165, 1.54) is 0 Å². The largest absolute Gasteiger partial charge is 0.472 e. The van der Waals surface area contributed by atoms with Gasteiger partial charge in [-0.2, -0.15) is 0 Å². The van der Waals surface area contributed by atoms with Crippen LogP contribution in [0.15, 0.2) is 18.3 Å². The average Bonchev–Trinajstić information content (AvgIpc) is 2.28. The van der Waals surface area contributed by atoms with E-state index in [1.807, 2.05) is 6.07 Å². The Morgan fingerprint density at radius 3 is 2.81 bits per heavy atom. The van der Waals surface area contributed by atoms with Gasteiger partial charge in [-0.05, 0) is 18.5 Å². The summed E-state index contributed by atoms with van der Waals surface area (Å²) >= 11 is 0. The van der Waals surface area contributed by atoms with Crippen LogP contribution in [-0.4, -0.2) is 24.6 Å². The van der Waals surface area contributed by atoms with Crippen molar-refractivity contribution >= 4 is 0 Å². The number of halogens is 2. The van der Waals surface area contributed by atoms with E-state index in [0.717, 1.165) is 25.1 Å². The molecule has 0 unspecified atom stereocenters. The highest BCUT2D eigenvalue weighted by molar-refractivity contribution is 5.17. The normalized spacial score (nSPS) is 10.8. The van der Waals surface area contributed by atoms with Gasteiger partial charge in [-0.3, -0.25) is 0 Å². The summed E-state index contributed by atoms with van der Waals surface area (Å²) in [7, 11) is 0. The van der Waals surface area contributed by atoms with Gasteiger partial charge in [0.2, 0.25) is 5.88 Å². The van der Waals surface area contributed by atoms with Crippen molar-refractivity contribution < 1.29 is 13.5 Å². The summed E-state index contributed by atoms with van der Waals surface area (Å²) in [6.45, 7) is 3.16. The van der Waals surface area contributed by atoms with Crippen LogP contribution in [-0.2, 0) is 6.54 Å². The zero-order chi connectivity index (χ0) is 11.8. The summed E-state index contributed by atoms with van der Waals surface area (Å²) in [6, 6.07) is 3.42. The molecule has 1 heterocycles. The highest BCUT2D eigenvalue weighted by atomic mass is 19.3. The first-order valence-corrected chi connectivity index (χ1v) is 5.29. The Kier molecular flexibility index (Phi) is 5.71. The van der Waals surface area contributed by atoms with E-state index in [1.54, 1.807) is 12.3 Å². The molecule has 0 saturated heterocycles.